The zero-order valence-corrected chi connectivity index (χ0v) is 36.7. The van der Waals surface area contributed by atoms with E-state index in [1.54, 1.807) is 22.7 Å². The van der Waals surface area contributed by atoms with Crippen molar-refractivity contribution in [2.24, 2.45) is 0 Å². The molecule has 3 heterocycles. The minimum Gasteiger partial charge on any atom is -0.236 e. The topological polar surface area (TPSA) is 64.5 Å². The molecule has 5 nitrogen and oxygen atoms in total. The van der Waals surface area contributed by atoms with Crippen molar-refractivity contribution >= 4 is 108 Å². The SMILES string of the molecule is c1ccc2sc(-c3cc(-c4nc(-c5ccc6c7ccccc7c7ccccc7c6c5)nc(-c5ccc6c7ccccc7c7ccccc7c6c5)n4)cc(-c4nc5ccccc5s4)c3)nc2c1. The van der Waals surface area contributed by atoms with Crippen LogP contribution in [0.5, 0.6) is 0 Å². The Kier molecular flexibility index (Phi) is 8.25. The number of hydrogen-bond acceptors (Lipinski definition) is 7. The molecule has 66 heavy (non-hydrogen) atoms. The average Bonchev–Trinajstić information content (AvgIpc) is 4.04. The highest BCUT2D eigenvalue weighted by Gasteiger charge is 2.20. The largest absolute Gasteiger partial charge is 0.236 e. The molecule has 14 aromatic rings. The Hall–Kier alpha value is -8.23. The first kappa shape index (κ1) is 37.2. The van der Waals surface area contributed by atoms with Gasteiger partial charge in [-0.1, -0.05) is 146 Å². The Morgan fingerprint density at radius 3 is 0.909 bits per heavy atom. The van der Waals surface area contributed by atoms with Crippen LogP contribution in [0.4, 0.5) is 0 Å². The Labute approximate surface area is 386 Å². The maximum absolute atomic E-state index is 5.40. The van der Waals surface area contributed by atoms with Crippen LogP contribution in [-0.2, 0) is 0 Å². The highest BCUT2D eigenvalue weighted by Crippen LogP contribution is 2.42. The summed E-state index contributed by atoms with van der Waals surface area (Å²) in [4.78, 5) is 26.4. The lowest BCUT2D eigenvalue weighted by Crippen LogP contribution is -2.01. The van der Waals surface area contributed by atoms with Crippen molar-refractivity contribution in [2.75, 3.05) is 0 Å². The zero-order valence-electron chi connectivity index (χ0n) is 35.1. The van der Waals surface area contributed by atoms with Gasteiger partial charge in [-0.25, -0.2) is 24.9 Å². The maximum atomic E-state index is 5.40. The molecule has 0 radical (unpaired) electrons. The normalized spacial score (nSPS) is 11.9. The smallest absolute Gasteiger partial charge is 0.164 e. The number of rotatable bonds is 5. The van der Waals surface area contributed by atoms with Gasteiger partial charge < -0.3 is 0 Å². The van der Waals surface area contributed by atoms with Crippen LogP contribution in [-0.4, -0.2) is 24.9 Å². The quantitative estimate of drug-likeness (QED) is 0.161. The van der Waals surface area contributed by atoms with E-state index in [2.05, 4.69) is 188 Å². The third-order valence-corrected chi connectivity index (χ3v) is 15.1. The van der Waals surface area contributed by atoms with Gasteiger partial charge in [0.25, 0.3) is 0 Å². The third-order valence-electron chi connectivity index (χ3n) is 12.9. The van der Waals surface area contributed by atoms with Gasteiger partial charge in [-0.3, -0.25) is 0 Å². The van der Waals surface area contributed by atoms with Crippen LogP contribution >= 0.6 is 22.7 Å². The fourth-order valence-corrected chi connectivity index (χ4v) is 11.8. The van der Waals surface area contributed by atoms with Crippen LogP contribution in [0.25, 0.3) is 140 Å². The van der Waals surface area contributed by atoms with Gasteiger partial charge in [0.1, 0.15) is 10.0 Å². The number of benzene rings is 11. The number of nitrogens with zero attached hydrogens (tertiary/aromatic N) is 5. The molecule has 14 rings (SSSR count). The molecule has 0 unspecified atom stereocenters. The Morgan fingerprint density at radius 1 is 0.227 bits per heavy atom. The van der Waals surface area contributed by atoms with Crippen molar-refractivity contribution < 1.29 is 0 Å². The van der Waals surface area contributed by atoms with Crippen molar-refractivity contribution in [1.29, 1.82) is 0 Å². The molecule has 0 aliphatic carbocycles. The van der Waals surface area contributed by atoms with Gasteiger partial charge in [0.15, 0.2) is 17.5 Å². The first-order chi connectivity index (χ1) is 32.7. The summed E-state index contributed by atoms with van der Waals surface area (Å²) in [5, 5.41) is 16.3. The van der Waals surface area contributed by atoms with Crippen LogP contribution in [0.3, 0.4) is 0 Å². The molecule has 0 saturated carbocycles. The van der Waals surface area contributed by atoms with E-state index >= 15 is 0 Å². The lowest BCUT2D eigenvalue weighted by Gasteiger charge is -2.14. The highest BCUT2D eigenvalue weighted by molar-refractivity contribution is 7.22. The van der Waals surface area contributed by atoms with E-state index in [0.29, 0.717) is 17.5 Å². The molecule has 0 amide bonds. The Balaban J connectivity index is 1.03. The van der Waals surface area contributed by atoms with Gasteiger partial charge in [0.2, 0.25) is 0 Å². The van der Waals surface area contributed by atoms with E-state index in [1.165, 1.54) is 53.9 Å². The van der Waals surface area contributed by atoms with E-state index in [1.807, 2.05) is 12.1 Å². The number of thiazole rings is 2. The lowest BCUT2D eigenvalue weighted by atomic mass is 9.93. The van der Waals surface area contributed by atoms with E-state index in [4.69, 9.17) is 24.9 Å². The highest BCUT2D eigenvalue weighted by atomic mass is 32.1. The molecule has 0 fully saturated rings. The van der Waals surface area contributed by atoms with Gasteiger partial charge >= 0.3 is 0 Å². The van der Waals surface area contributed by atoms with Gasteiger partial charge in [-0.05, 0) is 119 Å². The van der Waals surface area contributed by atoms with Crippen molar-refractivity contribution in [3.63, 3.8) is 0 Å². The second-order valence-corrected chi connectivity index (χ2v) is 18.8. The summed E-state index contributed by atoms with van der Waals surface area (Å²) in [5.74, 6) is 1.78. The molecule has 0 aliphatic rings. The van der Waals surface area contributed by atoms with Crippen LogP contribution < -0.4 is 0 Å². The van der Waals surface area contributed by atoms with Crippen molar-refractivity contribution in [2.45, 2.75) is 0 Å². The maximum Gasteiger partial charge on any atom is 0.164 e. The molecular formula is C59H33N5S2. The standard InChI is InChI=1S/C59H33N5S2/c1-3-17-43-39(13-1)41-15-5-7-19-45(41)49-32-34(25-27-47(43)49)55-62-56(35-26-28-48-44-18-4-2-14-40(44)42-16-6-8-20-46(42)50(48)33-35)64-57(63-55)36-29-37(58-60-51-21-9-11-23-53(51)65-58)31-38(30-36)59-61-52-22-10-12-24-54(52)66-59/h1-33H. The number of aromatic nitrogens is 5. The Bertz CT molecular complexity index is 3920. The second kappa shape index (κ2) is 14.7. The molecule has 11 aromatic carbocycles. The molecule has 0 spiro atoms. The van der Waals surface area contributed by atoms with Crippen LogP contribution in [0.2, 0.25) is 0 Å². The molecule has 0 aliphatic heterocycles. The van der Waals surface area contributed by atoms with Crippen molar-refractivity contribution in [3.05, 3.63) is 200 Å². The summed E-state index contributed by atoms with van der Waals surface area (Å²) >= 11 is 3.37. The summed E-state index contributed by atoms with van der Waals surface area (Å²) in [5.41, 5.74) is 6.61. The first-order valence-electron chi connectivity index (χ1n) is 22.0. The molecule has 306 valence electrons. The number of para-hydroxylation sites is 2. The predicted octanol–water partition coefficient (Wildman–Crippen LogP) is 16.3. The van der Waals surface area contributed by atoms with E-state index in [-0.39, 0.29) is 0 Å². The number of hydrogen-bond donors (Lipinski definition) is 0. The number of fused-ring (bicyclic) bond motifs is 14. The minimum atomic E-state index is 0.576. The molecule has 0 atom stereocenters. The minimum absolute atomic E-state index is 0.576. The van der Waals surface area contributed by atoms with Crippen LogP contribution in [0.1, 0.15) is 0 Å². The van der Waals surface area contributed by atoms with Gasteiger partial charge in [-0.2, -0.15) is 0 Å². The Morgan fingerprint density at radius 2 is 0.530 bits per heavy atom. The fraction of sp³-hybridized carbons (Fsp3) is 0. The lowest BCUT2D eigenvalue weighted by molar-refractivity contribution is 1.08. The van der Waals surface area contributed by atoms with Crippen LogP contribution in [0.15, 0.2) is 200 Å². The van der Waals surface area contributed by atoms with E-state index in [0.717, 1.165) is 69.0 Å². The summed E-state index contributed by atoms with van der Waals surface area (Å²) in [6, 6.07) is 71.2. The molecule has 7 heteroatoms. The molecular weight excluding hydrogens is 843 g/mol. The molecule has 0 saturated heterocycles. The van der Waals surface area contributed by atoms with Gasteiger partial charge in [0, 0.05) is 27.8 Å². The summed E-state index contributed by atoms with van der Waals surface area (Å²) in [6.45, 7) is 0. The first-order valence-corrected chi connectivity index (χ1v) is 23.6. The van der Waals surface area contributed by atoms with Gasteiger partial charge in [0.05, 0.1) is 20.4 Å². The van der Waals surface area contributed by atoms with Crippen LogP contribution in [0, 0.1) is 0 Å². The van der Waals surface area contributed by atoms with Gasteiger partial charge in [-0.15, -0.1) is 22.7 Å². The van der Waals surface area contributed by atoms with E-state index < -0.39 is 0 Å². The summed E-state index contributed by atoms with van der Waals surface area (Å²) in [6.07, 6.45) is 0. The fourth-order valence-electron chi connectivity index (χ4n) is 9.85. The second-order valence-electron chi connectivity index (χ2n) is 16.8. The van der Waals surface area contributed by atoms with Crippen molar-refractivity contribution in [3.8, 4) is 55.3 Å². The molecule has 0 bridgehead atoms. The third kappa shape index (κ3) is 5.94. The molecule has 0 N–H and O–H groups in total. The predicted molar refractivity (Wildman–Crippen MR) is 278 cm³/mol. The van der Waals surface area contributed by atoms with Crippen molar-refractivity contribution in [1.82, 2.24) is 24.9 Å². The molecule has 3 aromatic heterocycles. The summed E-state index contributed by atoms with van der Waals surface area (Å²) < 4.78 is 2.27. The average molecular weight is 876 g/mol. The van der Waals surface area contributed by atoms with E-state index in [9.17, 15) is 0 Å². The summed E-state index contributed by atoms with van der Waals surface area (Å²) in [7, 11) is 0. The monoisotopic (exact) mass is 875 g/mol. The zero-order chi connectivity index (χ0) is 43.3.